The summed E-state index contributed by atoms with van der Waals surface area (Å²) in [5.41, 5.74) is 10.8. The number of nitrogens with zero attached hydrogens (tertiary/aromatic N) is 2. The highest BCUT2D eigenvalue weighted by Gasteiger charge is 2.13. The maximum atomic E-state index is 11.5. The predicted octanol–water partition coefficient (Wildman–Crippen LogP) is 3.62. The zero-order valence-corrected chi connectivity index (χ0v) is 14.9. The summed E-state index contributed by atoms with van der Waals surface area (Å²) in [6.45, 7) is 5.94. The molecule has 4 N–H and O–H groups in total. The van der Waals surface area contributed by atoms with Gasteiger partial charge in [0.25, 0.3) is 5.91 Å². The average Bonchev–Trinajstić information content (AvgIpc) is 2.56. The first-order valence-electron chi connectivity index (χ1n) is 8.15. The number of nitrogens with one attached hydrogen (secondary N) is 1. The Bertz CT molecular complexity index is 979. The number of nitrogens with two attached hydrogens (primary N) is 1. The van der Waals surface area contributed by atoms with Crippen molar-refractivity contribution in [1.29, 1.82) is 0 Å². The molecule has 0 aliphatic heterocycles. The van der Waals surface area contributed by atoms with E-state index in [0.29, 0.717) is 17.2 Å². The molecule has 0 aliphatic carbocycles. The molecule has 1 heterocycles. The quantitative estimate of drug-likeness (QED) is 0.668. The van der Waals surface area contributed by atoms with Crippen LogP contribution in [0, 0.1) is 20.8 Å². The van der Waals surface area contributed by atoms with Gasteiger partial charge < -0.3 is 16.2 Å². The third kappa shape index (κ3) is 3.64. The summed E-state index contributed by atoms with van der Waals surface area (Å²) in [4.78, 5) is 20.4. The van der Waals surface area contributed by atoms with Gasteiger partial charge >= 0.3 is 0 Å². The van der Waals surface area contributed by atoms with E-state index in [9.17, 15) is 9.90 Å². The topological polar surface area (TPSA) is 101 Å². The van der Waals surface area contributed by atoms with Crippen LogP contribution in [0.5, 0.6) is 5.75 Å². The molecule has 26 heavy (non-hydrogen) atoms. The first-order valence-corrected chi connectivity index (χ1v) is 8.15. The molecule has 0 saturated heterocycles. The fraction of sp³-hybridized carbons (Fsp3) is 0.150. The number of carbonyl (C=O) groups is 1. The van der Waals surface area contributed by atoms with E-state index in [1.54, 1.807) is 12.3 Å². The second kappa shape index (κ2) is 6.84. The van der Waals surface area contributed by atoms with Crippen LogP contribution in [-0.4, -0.2) is 21.0 Å². The van der Waals surface area contributed by atoms with Gasteiger partial charge in [-0.05, 0) is 67.8 Å². The van der Waals surface area contributed by atoms with Crippen LogP contribution < -0.4 is 11.1 Å². The lowest BCUT2D eigenvalue weighted by Crippen LogP contribution is -2.11. The summed E-state index contributed by atoms with van der Waals surface area (Å²) >= 11 is 0. The van der Waals surface area contributed by atoms with Gasteiger partial charge in [0, 0.05) is 17.4 Å². The zero-order chi connectivity index (χ0) is 18.8. The lowest BCUT2D eigenvalue weighted by Gasteiger charge is -2.11. The van der Waals surface area contributed by atoms with Gasteiger partial charge in [0.15, 0.2) is 0 Å². The molecule has 0 spiro atoms. The molecule has 1 aromatic heterocycles. The Hall–Kier alpha value is -3.41. The van der Waals surface area contributed by atoms with E-state index in [2.05, 4.69) is 21.4 Å². The summed E-state index contributed by atoms with van der Waals surface area (Å²) in [7, 11) is 0. The molecule has 0 aliphatic rings. The fourth-order valence-electron chi connectivity index (χ4n) is 2.85. The third-order valence-electron chi connectivity index (χ3n) is 3.98. The second-order valence-electron chi connectivity index (χ2n) is 6.32. The van der Waals surface area contributed by atoms with E-state index >= 15 is 0 Å². The fourth-order valence-corrected chi connectivity index (χ4v) is 2.85. The normalized spacial score (nSPS) is 10.6. The van der Waals surface area contributed by atoms with E-state index in [1.165, 1.54) is 12.1 Å². The Balaban J connectivity index is 2.00. The number of amides is 1. The standard InChI is InChI=1S/C20H20N4O2/c1-11-6-12(2)8-15(7-11)23-20-22-10-13(3)18(24-20)14-4-5-17(25)16(9-14)19(21)26/h4-10,25H,1-3H3,(H2,21,26)(H,22,23,24). The predicted molar refractivity (Wildman–Crippen MR) is 102 cm³/mol. The molecule has 0 bridgehead atoms. The Morgan fingerprint density at radius 3 is 2.42 bits per heavy atom. The lowest BCUT2D eigenvalue weighted by atomic mass is 10.0. The number of hydrogen-bond acceptors (Lipinski definition) is 5. The number of aromatic nitrogens is 2. The van der Waals surface area contributed by atoms with Crippen LogP contribution in [-0.2, 0) is 0 Å². The summed E-state index contributed by atoms with van der Waals surface area (Å²) in [6.07, 6.45) is 1.71. The minimum atomic E-state index is -0.690. The molecule has 6 heteroatoms. The van der Waals surface area contributed by atoms with Crippen molar-refractivity contribution in [2.75, 3.05) is 5.32 Å². The van der Waals surface area contributed by atoms with Crippen LogP contribution in [0.25, 0.3) is 11.3 Å². The molecule has 0 fully saturated rings. The second-order valence-corrected chi connectivity index (χ2v) is 6.32. The van der Waals surface area contributed by atoms with Crippen LogP contribution in [0.1, 0.15) is 27.0 Å². The molecule has 0 unspecified atom stereocenters. The zero-order valence-electron chi connectivity index (χ0n) is 14.9. The highest BCUT2D eigenvalue weighted by atomic mass is 16.3. The van der Waals surface area contributed by atoms with Gasteiger partial charge in [0.2, 0.25) is 5.95 Å². The largest absolute Gasteiger partial charge is 0.507 e. The molecule has 2 aromatic carbocycles. The summed E-state index contributed by atoms with van der Waals surface area (Å²) in [5, 5.41) is 13.0. The van der Waals surface area contributed by atoms with Crippen LogP contribution in [0.4, 0.5) is 11.6 Å². The molecule has 0 atom stereocenters. The number of aryl methyl sites for hydroxylation is 3. The smallest absolute Gasteiger partial charge is 0.252 e. The van der Waals surface area contributed by atoms with Gasteiger partial charge in [-0.1, -0.05) is 6.07 Å². The molecular weight excluding hydrogens is 328 g/mol. The molecule has 0 saturated carbocycles. The molecule has 3 rings (SSSR count). The highest BCUT2D eigenvalue weighted by molar-refractivity contribution is 5.96. The number of anilines is 2. The SMILES string of the molecule is Cc1cc(C)cc(Nc2ncc(C)c(-c3ccc(O)c(C(N)=O)c3)n2)c1. The van der Waals surface area contributed by atoms with Gasteiger partial charge in [-0.15, -0.1) is 0 Å². The van der Waals surface area contributed by atoms with Crippen molar-refractivity contribution in [2.45, 2.75) is 20.8 Å². The van der Waals surface area contributed by atoms with Gasteiger partial charge in [0.1, 0.15) is 5.75 Å². The average molecular weight is 348 g/mol. The van der Waals surface area contributed by atoms with Crippen molar-refractivity contribution in [3.05, 3.63) is 64.8 Å². The Kier molecular flexibility index (Phi) is 4.58. The minimum Gasteiger partial charge on any atom is -0.507 e. The van der Waals surface area contributed by atoms with E-state index in [-0.39, 0.29) is 11.3 Å². The number of hydrogen-bond donors (Lipinski definition) is 3. The van der Waals surface area contributed by atoms with Gasteiger partial charge in [-0.3, -0.25) is 4.79 Å². The van der Waals surface area contributed by atoms with E-state index in [1.807, 2.05) is 32.9 Å². The number of carbonyl (C=O) groups excluding carboxylic acids is 1. The van der Waals surface area contributed by atoms with Crippen LogP contribution >= 0.6 is 0 Å². The van der Waals surface area contributed by atoms with Gasteiger partial charge in [0.05, 0.1) is 11.3 Å². The summed E-state index contributed by atoms with van der Waals surface area (Å²) in [6, 6.07) is 10.8. The third-order valence-corrected chi connectivity index (χ3v) is 3.98. The summed E-state index contributed by atoms with van der Waals surface area (Å²) in [5.74, 6) is -0.393. The summed E-state index contributed by atoms with van der Waals surface area (Å²) < 4.78 is 0. The van der Waals surface area contributed by atoms with Crippen LogP contribution in [0.2, 0.25) is 0 Å². The van der Waals surface area contributed by atoms with Gasteiger partial charge in [-0.25, -0.2) is 9.97 Å². The number of benzene rings is 2. The lowest BCUT2D eigenvalue weighted by molar-refractivity contribution is 0.0998. The Morgan fingerprint density at radius 2 is 1.77 bits per heavy atom. The molecular formula is C20H20N4O2. The minimum absolute atomic E-state index is 0.0596. The monoisotopic (exact) mass is 348 g/mol. The van der Waals surface area contributed by atoms with Crippen molar-refractivity contribution in [3.8, 4) is 17.0 Å². The highest BCUT2D eigenvalue weighted by Crippen LogP contribution is 2.28. The van der Waals surface area contributed by atoms with Crippen molar-refractivity contribution in [2.24, 2.45) is 5.73 Å². The molecule has 0 radical (unpaired) electrons. The number of primary amides is 1. The molecule has 3 aromatic rings. The van der Waals surface area contributed by atoms with E-state index in [4.69, 9.17) is 5.73 Å². The van der Waals surface area contributed by atoms with E-state index < -0.39 is 5.91 Å². The van der Waals surface area contributed by atoms with Gasteiger partial charge in [-0.2, -0.15) is 0 Å². The van der Waals surface area contributed by atoms with Crippen LogP contribution in [0.3, 0.4) is 0 Å². The number of rotatable bonds is 4. The molecule has 132 valence electrons. The first-order chi connectivity index (χ1) is 12.3. The first kappa shape index (κ1) is 17.4. The Labute approximate surface area is 151 Å². The van der Waals surface area contributed by atoms with Crippen molar-refractivity contribution < 1.29 is 9.90 Å². The maximum Gasteiger partial charge on any atom is 0.252 e. The van der Waals surface area contributed by atoms with Crippen LogP contribution in [0.15, 0.2) is 42.6 Å². The number of phenols is 1. The van der Waals surface area contributed by atoms with Crippen molar-refractivity contribution in [1.82, 2.24) is 9.97 Å². The Morgan fingerprint density at radius 1 is 1.08 bits per heavy atom. The maximum absolute atomic E-state index is 11.5. The van der Waals surface area contributed by atoms with E-state index in [0.717, 1.165) is 22.4 Å². The number of aromatic hydroxyl groups is 1. The molecule has 1 amide bonds. The van der Waals surface area contributed by atoms with Crippen molar-refractivity contribution in [3.63, 3.8) is 0 Å². The van der Waals surface area contributed by atoms with Crippen molar-refractivity contribution >= 4 is 17.5 Å². The molecule has 6 nitrogen and oxygen atoms in total.